The van der Waals surface area contributed by atoms with Gasteiger partial charge in [-0.05, 0) is 48.2 Å². The third kappa shape index (κ3) is 4.47. The quantitative estimate of drug-likeness (QED) is 0.625. The van der Waals surface area contributed by atoms with Gasteiger partial charge in [0.2, 0.25) is 5.88 Å². The summed E-state index contributed by atoms with van der Waals surface area (Å²) in [5, 5.41) is 26.8. The van der Waals surface area contributed by atoms with Crippen LogP contribution in [0.2, 0.25) is 0 Å². The van der Waals surface area contributed by atoms with E-state index in [1.165, 1.54) is 10.9 Å². The Morgan fingerprint density at radius 3 is 2.73 bits per heavy atom. The first kappa shape index (κ1) is 21.0. The monoisotopic (exact) mass is 405 g/mol. The predicted molar refractivity (Wildman–Crippen MR) is 111 cm³/mol. The molecule has 0 saturated heterocycles. The van der Waals surface area contributed by atoms with Crippen molar-refractivity contribution in [1.82, 2.24) is 20.1 Å². The summed E-state index contributed by atoms with van der Waals surface area (Å²) in [7, 11) is 1.62. The van der Waals surface area contributed by atoms with Gasteiger partial charge in [-0.2, -0.15) is 15.0 Å². The maximum absolute atomic E-state index is 12.3. The Bertz CT molecular complexity index is 1080. The maximum Gasteiger partial charge on any atom is 0.252 e. The normalized spacial score (nSPS) is 11.7. The van der Waals surface area contributed by atoms with Gasteiger partial charge in [-0.3, -0.25) is 4.79 Å². The highest BCUT2D eigenvalue weighted by Crippen LogP contribution is 2.32. The Balaban J connectivity index is 1.78. The van der Waals surface area contributed by atoms with E-state index in [0.717, 1.165) is 11.1 Å². The third-order valence-corrected chi connectivity index (χ3v) is 4.68. The van der Waals surface area contributed by atoms with Gasteiger partial charge in [-0.1, -0.05) is 13.0 Å². The van der Waals surface area contributed by atoms with Crippen LogP contribution in [-0.4, -0.2) is 46.0 Å². The highest BCUT2D eigenvalue weighted by atomic mass is 16.5. The molecule has 1 atom stereocenters. The number of rotatable bonds is 7. The molecule has 3 rings (SSSR count). The number of benzene rings is 1. The maximum atomic E-state index is 12.3. The Kier molecular flexibility index (Phi) is 6.45. The molecule has 3 aromatic rings. The van der Waals surface area contributed by atoms with Crippen LogP contribution in [0.1, 0.15) is 28.4 Å². The lowest BCUT2D eigenvalue weighted by molar-refractivity contribution is 0.0933. The van der Waals surface area contributed by atoms with Crippen molar-refractivity contribution in [2.75, 3.05) is 20.3 Å². The molecule has 0 saturated carbocycles. The van der Waals surface area contributed by atoms with E-state index >= 15 is 0 Å². The summed E-state index contributed by atoms with van der Waals surface area (Å²) >= 11 is 0. The average Bonchev–Trinajstić information content (AvgIpc) is 3.13. The zero-order valence-electron chi connectivity index (χ0n) is 17.1. The number of carbonyl (C=O) groups excluding carboxylic acids is 1. The molecule has 0 aliphatic heterocycles. The minimum Gasteiger partial charge on any atom is -0.493 e. The van der Waals surface area contributed by atoms with Gasteiger partial charge in [0.05, 0.1) is 35.6 Å². The molecule has 0 aliphatic rings. The standard InChI is InChI=1S/C22H23N5O3/c1-14(13-30-3)10-25-21(28)17-5-7-20(24-11-17)27-22(29)19(12-26-27)18-6-4-16(9-23)8-15(18)2/h4-8,11-12,14,29H,10,13H2,1-3H3,(H,25,28). The van der Waals surface area contributed by atoms with Gasteiger partial charge in [-0.25, -0.2) is 4.98 Å². The van der Waals surface area contributed by atoms with Crippen LogP contribution < -0.4 is 5.32 Å². The molecule has 0 bridgehead atoms. The number of nitrogens with one attached hydrogen (secondary N) is 1. The molecule has 0 spiro atoms. The van der Waals surface area contributed by atoms with Crippen LogP contribution in [0.3, 0.4) is 0 Å². The molecule has 2 aromatic heterocycles. The van der Waals surface area contributed by atoms with Crippen LogP contribution in [0.15, 0.2) is 42.7 Å². The Labute approximate surface area is 174 Å². The molecule has 0 radical (unpaired) electrons. The van der Waals surface area contributed by atoms with E-state index in [2.05, 4.69) is 21.5 Å². The molecule has 1 unspecified atom stereocenters. The number of aromatic hydroxyl groups is 1. The molecule has 0 aliphatic carbocycles. The lowest BCUT2D eigenvalue weighted by Gasteiger charge is -2.11. The smallest absolute Gasteiger partial charge is 0.252 e. The summed E-state index contributed by atoms with van der Waals surface area (Å²) in [5.74, 6) is 0.294. The predicted octanol–water partition coefficient (Wildman–Crippen LogP) is 2.83. The largest absolute Gasteiger partial charge is 0.493 e. The van der Waals surface area contributed by atoms with Gasteiger partial charge >= 0.3 is 0 Å². The number of hydrogen-bond acceptors (Lipinski definition) is 6. The van der Waals surface area contributed by atoms with Crippen molar-refractivity contribution in [3.63, 3.8) is 0 Å². The van der Waals surface area contributed by atoms with Crippen molar-refractivity contribution in [2.24, 2.45) is 5.92 Å². The second kappa shape index (κ2) is 9.20. The third-order valence-electron chi connectivity index (χ3n) is 4.68. The van der Waals surface area contributed by atoms with Crippen LogP contribution in [-0.2, 0) is 4.74 Å². The molecule has 0 fully saturated rings. The summed E-state index contributed by atoms with van der Waals surface area (Å²) in [6.45, 7) is 4.92. The molecular weight excluding hydrogens is 382 g/mol. The SMILES string of the molecule is COCC(C)CNC(=O)c1ccc(-n2ncc(-c3ccc(C#N)cc3C)c2O)nc1. The average molecular weight is 405 g/mol. The van der Waals surface area contributed by atoms with E-state index in [4.69, 9.17) is 10.00 Å². The van der Waals surface area contributed by atoms with Crippen molar-refractivity contribution in [3.8, 4) is 28.9 Å². The summed E-state index contributed by atoms with van der Waals surface area (Å²) in [4.78, 5) is 16.5. The van der Waals surface area contributed by atoms with E-state index in [1.807, 2.05) is 13.8 Å². The van der Waals surface area contributed by atoms with E-state index in [-0.39, 0.29) is 17.7 Å². The number of carbonyl (C=O) groups is 1. The van der Waals surface area contributed by atoms with Gasteiger partial charge in [0.1, 0.15) is 0 Å². The van der Waals surface area contributed by atoms with Gasteiger partial charge in [0.15, 0.2) is 5.82 Å². The molecule has 30 heavy (non-hydrogen) atoms. The molecule has 8 nitrogen and oxygen atoms in total. The highest BCUT2D eigenvalue weighted by molar-refractivity contribution is 5.93. The van der Waals surface area contributed by atoms with E-state index in [0.29, 0.717) is 35.7 Å². The number of aromatic nitrogens is 3. The minimum absolute atomic E-state index is 0.0686. The van der Waals surface area contributed by atoms with Gasteiger partial charge in [0.25, 0.3) is 5.91 Å². The Morgan fingerprint density at radius 1 is 1.30 bits per heavy atom. The Hall–Kier alpha value is -3.70. The number of aryl methyl sites for hydroxylation is 1. The van der Waals surface area contributed by atoms with E-state index < -0.39 is 0 Å². The van der Waals surface area contributed by atoms with Crippen LogP contribution in [0.4, 0.5) is 0 Å². The highest BCUT2D eigenvalue weighted by Gasteiger charge is 2.16. The van der Waals surface area contributed by atoms with Gasteiger partial charge in [-0.15, -0.1) is 0 Å². The molecule has 154 valence electrons. The number of ether oxygens (including phenoxy) is 1. The van der Waals surface area contributed by atoms with Crippen molar-refractivity contribution >= 4 is 5.91 Å². The minimum atomic E-state index is -0.226. The molecular formula is C22H23N5O3. The fraction of sp³-hybridized carbons (Fsp3) is 0.273. The van der Waals surface area contributed by atoms with E-state index in [9.17, 15) is 9.90 Å². The van der Waals surface area contributed by atoms with Crippen LogP contribution in [0.5, 0.6) is 5.88 Å². The number of methoxy groups -OCH3 is 1. The second-order valence-corrected chi connectivity index (χ2v) is 7.11. The molecule has 8 heteroatoms. The topological polar surface area (TPSA) is 113 Å². The van der Waals surface area contributed by atoms with Crippen LogP contribution in [0, 0.1) is 24.2 Å². The second-order valence-electron chi connectivity index (χ2n) is 7.11. The molecule has 2 N–H and O–H groups in total. The van der Waals surface area contributed by atoms with Crippen molar-refractivity contribution < 1.29 is 14.6 Å². The summed E-state index contributed by atoms with van der Waals surface area (Å²) in [6.07, 6.45) is 2.99. The van der Waals surface area contributed by atoms with Crippen LogP contribution >= 0.6 is 0 Å². The molecule has 1 amide bonds. The Morgan fingerprint density at radius 2 is 2.10 bits per heavy atom. The van der Waals surface area contributed by atoms with Gasteiger partial charge in [0, 0.05) is 19.9 Å². The first-order chi connectivity index (χ1) is 14.4. The zero-order valence-corrected chi connectivity index (χ0v) is 17.1. The number of nitrogens with zero attached hydrogens (tertiary/aromatic N) is 4. The lowest BCUT2D eigenvalue weighted by atomic mass is 10.0. The summed E-state index contributed by atoms with van der Waals surface area (Å²) in [5.41, 5.74) is 3.13. The lowest BCUT2D eigenvalue weighted by Crippen LogP contribution is -2.30. The number of nitriles is 1. The number of amides is 1. The zero-order chi connectivity index (χ0) is 21.7. The molecule has 1 aromatic carbocycles. The number of hydrogen-bond donors (Lipinski definition) is 2. The number of pyridine rings is 1. The van der Waals surface area contributed by atoms with Crippen LogP contribution in [0.25, 0.3) is 16.9 Å². The van der Waals surface area contributed by atoms with Gasteiger partial charge < -0.3 is 15.2 Å². The van der Waals surface area contributed by atoms with Crippen molar-refractivity contribution in [3.05, 3.63) is 59.4 Å². The summed E-state index contributed by atoms with van der Waals surface area (Å²) in [6, 6.07) is 10.6. The van der Waals surface area contributed by atoms with Crippen molar-refractivity contribution in [2.45, 2.75) is 13.8 Å². The first-order valence-corrected chi connectivity index (χ1v) is 9.46. The van der Waals surface area contributed by atoms with Crippen molar-refractivity contribution in [1.29, 1.82) is 5.26 Å². The fourth-order valence-corrected chi connectivity index (χ4v) is 3.09. The summed E-state index contributed by atoms with van der Waals surface area (Å²) < 4.78 is 6.36. The first-order valence-electron chi connectivity index (χ1n) is 9.46. The van der Waals surface area contributed by atoms with E-state index in [1.54, 1.807) is 43.6 Å². The molecule has 2 heterocycles. The fourth-order valence-electron chi connectivity index (χ4n) is 3.09.